The summed E-state index contributed by atoms with van der Waals surface area (Å²) in [5, 5.41) is 33.6. The van der Waals surface area contributed by atoms with Gasteiger partial charge in [0.1, 0.15) is 6.10 Å². The van der Waals surface area contributed by atoms with E-state index in [1.807, 2.05) is 0 Å². The highest BCUT2D eigenvalue weighted by Crippen LogP contribution is 2.47. The Bertz CT molecular complexity index is 1200. The van der Waals surface area contributed by atoms with E-state index in [9.17, 15) is 29.7 Å². The molecule has 3 fully saturated rings. The van der Waals surface area contributed by atoms with Crippen molar-refractivity contribution in [2.45, 2.75) is 172 Å². The largest absolute Gasteiger partial charge is 0.466 e. The van der Waals surface area contributed by atoms with Gasteiger partial charge in [-0.3, -0.25) is 9.59 Å². The third-order valence-electron chi connectivity index (χ3n) is 10.3. The Morgan fingerprint density at radius 3 is 2.43 bits per heavy atom. The molecule has 13 nitrogen and oxygen atoms in total. The summed E-state index contributed by atoms with van der Waals surface area (Å²) in [6.45, 7) is 5.42. The number of methoxy groups -OCH3 is 1. The summed E-state index contributed by atoms with van der Waals surface area (Å²) in [5.74, 6) is -4.21. The van der Waals surface area contributed by atoms with E-state index in [4.69, 9.17) is 33.2 Å². The predicted octanol–water partition coefficient (Wildman–Crippen LogP) is 4.33. The van der Waals surface area contributed by atoms with Crippen LogP contribution in [0.3, 0.4) is 0 Å². The van der Waals surface area contributed by atoms with Crippen LogP contribution < -0.4 is 0 Å². The molecule has 0 aromatic carbocycles. The molecule has 4 heterocycles. The number of hydrogen-bond donors (Lipinski definition) is 3. The highest BCUT2D eigenvalue weighted by atomic mass is 16.7. The molecule has 0 radical (unpaired) electrons. The molecule has 6 bridgehead atoms. The lowest BCUT2D eigenvalue weighted by Crippen LogP contribution is -2.62. The number of aliphatic hydroxyl groups is 3. The number of ether oxygens (including phenoxy) is 7. The van der Waals surface area contributed by atoms with E-state index in [-0.39, 0.29) is 56.0 Å². The third-order valence-corrected chi connectivity index (χ3v) is 10.3. The minimum Gasteiger partial charge on any atom is -0.466 e. The Morgan fingerprint density at radius 1 is 0.980 bits per heavy atom. The van der Waals surface area contributed by atoms with Crippen molar-refractivity contribution in [1.82, 2.24) is 0 Å². The molecule has 0 saturated carbocycles. The second-order valence-corrected chi connectivity index (χ2v) is 15.0. The van der Waals surface area contributed by atoms with Gasteiger partial charge in [-0.05, 0) is 56.6 Å². The molecule has 13 heteroatoms. The first-order valence-corrected chi connectivity index (χ1v) is 18.8. The van der Waals surface area contributed by atoms with Gasteiger partial charge in [-0.1, -0.05) is 52.5 Å². The fourth-order valence-electron chi connectivity index (χ4n) is 7.38. The molecule has 0 aromatic rings. The Labute approximate surface area is 302 Å². The zero-order valence-electron chi connectivity index (χ0n) is 30.8. The molecule has 4 rings (SSSR count). The van der Waals surface area contributed by atoms with Gasteiger partial charge >= 0.3 is 17.9 Å². The second kappa shape index (κ2) is 19.6. The molecule has 3 saturated heterocycles. The summed E-state index contributed by atoms with van der Waals surface area (Å²) in [5.41, 5.74) is -1.04. The number of cyclic esters (lactones) is 1. The van der Waals surface area contributed by atoms with E-state index < -0.39 is 66.4 Å². The van der Waals surface area contributed by atoms with E-state index >= 15 is 0 Å². The summed E-state index contributed by atoms with van der Waals surface area (Å²) in [7, 11) is 1.22. The van der Waals surface area contributed by atoms with Crippen molar-refractivity contribution in [2.75, 3.05) is 20.3 Å². The van der Waals surface area contributed by atoms with E-state index in [2.05, 4.69) is 6.92 Å². The van der Waals surface area contributed by atoms with E-state index in [0.29, 0.717) is 25.9 Å². The molecule has 0 amide bonds. The van der Waals surface area contributed by atoms with Gasteiger partial charge in [0.15, 0.2) is 12.4 Å². The van der Waals surface area contributed by atoms with Crippen molar-refractivity contribution in [3.05, 3.63) is 23.8 Å². The maximum Gasteiger partial charge on any atom is 0.330 e. The molecule has 4 aliphatic rings. The Kier molecular flexibility index (Phi) is 15.9. The van der Waals surface area contributed by atoms with Crippen LogP contribution in [0.4, 0.5) is 0 Å². The van der Waals surface area contributed by atoms with Gasteiger partial charge in [-0.2, -0.15) is 0 Å². The number of rotatable bonds is 9. The zero-order chi connectivity index (χ0) is 37.0. The maximum atomic E-state index is 13.3. The lowest BCUT2D eigenvalue weighted by Gasteiger charge is -2.51. The van der Waals surface area contributed by atoms with Gasteiger partial charge in [0.05, 0.1) is 57.3 Å². The van der Waals surface area contributed by atoms with Crippen LogP contribution in [-0.4, -0.2) is 108 Å². The van der Waals surface area contributed by atoms with Crippen LogP contribution in [0.5, 0.6) is 0 Å². The summed E-state index contributed by atoms with van der Waals surface area (Å²) < 4.78 is 41.4. The van der Waals surface area contributed by atoms with Crippen LogP contribution in [0.1, 0.15) is 117 Å². The molecule has 9 atom stereocenters. The summed E-state index contributed by atoms with van der Waals surface area (Å²) in [6.07, 6.45) is 7.50. The first kappa shape index (κ1) is 41.4. The van der Waals surface area contributed by atoms with E-state index in [0.717, 1.165) is 44.9 Å². The molecule has 4 aliphatic heterocycles. The van der Waals surface area contributed by atoms with Crippen LogP contribution >= 0.6 is 0 Å². The average Bonchev–Trinajstić information content (AvgIpc) is 3.08. The highest BCUT2D eigenvalue weighted by Gasteiger charge is 2.57. The first-order valence-electron chi connectivity index (χ1n) is 18.8. The number of fused-ring (bicyclic) bond motifs is 6. The zero-order valence-corrected chi connectivity index (χ0v) is 30.8. The van der Waals surface area contributed by atoms with Crippen molar-refractivity contribution in [1.29, 1.82) is 0 Å². The minimum atomic E-state index is -2.25. The Morgan fingerprint density at radius 2 is 1.71 bits per heavy atom. The number of esters is 3. The van der Waals surface area contributed by atoms with Crippen molar-refractivity contribution in [3.63, 3.8) is 0 Å². The molecule has 0 spiro atoms. The number of carbonyl (C=O) groups is 3. The molecule has 51 heavy (non-hydrogen) atoms. The number of aliphatic hydroxyl groups excluding tert-OH is 2. The fraction of sp³-hybridized carbons (Fsp3) is 0.816. The van der Waals surface area contributed by atoms with Crippen LogP contribution in [-0.2, 0) is 47.5 Å². The predicted molar refractivity (Wildman–Crippen MR) is 184 cm³/mol. The number of hydrogen-bond acceptors (Lipinski definition) is 13. The number of unbranched alkanes of at least 4 members (excludes halogenated alkanes) is 4. The van der Waals surface area contributed by atoms with Crippen LogP contribution in [0.15, 0.2) is 23.8 Å². The average molecular weight is 725 g/mol. The number of carbonyl (C=O) groups excluding carboxylic acids is 3. The molecule has 3 N–H and O–H groups in total. The summed E-state index contributed by atoms with van der Waals surface area (Å²) in [4.78, 5) is 38.9. The monoisotopic (exact) mass is 724 g/mol. The van der Waals surface area contributed by atoms with E-state index in [1.165, 1.54) is 13.2 Å². The summed E-state index contributed by atoms with van der Waals surface area (Å²) >= 11 is 0. The molecular weight excluding hydrogens is 664 g/mol. The van der Waals surface area contributed by atoms with Gasteiger partial charge in [0.25, 0.3) is 0 Å². The smallest absolute Gasteiger partial charge is 0.330 e. The van der Waals surface area contributed by atoms with Crippen molar-refractivity contribution >= 4 is 17.9 Å². The van der Waals surface area contributed by atoms with Crippen LogP contribution in [0, 0.1) is 5.41 Å². The maximum absolute atomic E-state index is 13.3. The van der Waals surface area contributed by atoms with Gasteiger partial charge < -0.3 is 48.5 Å². The second-order valence-electron chi connectivity index (χ2n) is 15.0. The van der Waals surface area contributed by atoms with Crippen molar-refractivity contribution < 1.29 is 62.9 Å². The molecule has 290 valence electrons. The van der Waals surface area contributed by atoms with E-state index in [1.54, 1.807) is 26.0 Å². The normalized spacial score (nSPS) is 36.4. The first-order chi connectivity index (χ1) is 24.3. The Balaban J connectivity index is 1.68. The lowest BCUT2D eigenvalue weighted by molar-refractivity contribution is -0.327. The SMILES string of the molecule is CCCCCCCC(=O)O[C@H]1/C(=C/C(=O)OC)C[C@H]2C[C@H](CO)OC(=O)C[C@@H](O)C[C@@H]3CCC[C@H](C[C@@H]4CCO[C@H](/C=C\C(C)(C)[C@]1(O)O2)O4)O3. The minimum absolute atomic E-state index is 0.000953. The van der Waals surface area contributed by atoms with Crippen molar-refractivity contribution in [2.24, 2.45) is 5.41 Å². The van der Waals surface area contributed by atoms with Gasteiger partial charge in [-0.15, -0.1) is 0 Å². The molecule has 0 unspecified atom stereocenters. The molecule has 0 aliphatic carbocycles. The van der Waals surface area contributed by atoms with Crippen LogP contribution in [0.25, 0.3) is 0 Å². The molecular formula is C38H60O13. The third kappa shape index (κ3) is 12.1. The standard InChI is InChI=1S/C38H60O13/c1-5-6-7-8-9-13-32(41)50-36-25(19-33(42)45-4)18-30-23-31(24-39)48-34(43)21-26(40)20-27-11-10-12-28(47-27)22-29-15-17-46-35(49-29)14-16-37(2,3)38(36,44)51-30/h14,16,19,26-31,35-36,39-40,44H,5-13,15,17-18,20-24H2,1-4H3/b16-14-,25-19+/t26-,27-,28+,29-,30-,31+,35-,36-,38+/m0/s1. The van der Waals surface area contributed by atoms with Crippen LogP contribution in [0.2, 0.25) is 0 Å². The van der Waals surface area contributed by atoms with Crippen molar-refractivity contribution in [3.8, 4) is 0 Å². The Hall–Kier alpha value is -2.39. The fourth-order valence-corrected chi connectivity index (χ4v) is 7.38. The lowest BCUT2D eigenvalue weighted by atomic mass is 9.74. The van der Waals surface area contributed by atoms with Gasteiger partial charge in [0, 0.05) is 30.8 Å². The molecule has 0 aromatic heterocycles. The van der Waals surface area contributed by atoms with Gasteiger partial charge in [0.2, 0.25) is 5.79 Å². The quantitative estimate of drug-likeness (QED) is 0.101. The summed E-state index contributed by atoms with van der Waals surface area (Å²) in [6, 6.07) is 0. The topological polar surface area (TPSA) is 177 Å². The highest BCUT2D eigenvalue weighted by molar-refractivity contribution is 5.83. The van der Waals surface area contributed by atoms with Gasteiger partial charge in [-0.25, -0.2) is 4.79 Å².